The third-order valence-electron chi connectivity index (χ3n) is 5.45. The highest BCUT2D eigenvalue weighted by Gasteiger charge is 2.24. The Bertz CT molecular complexity index is 1200. The molecule has 0 spiro atoms. The van der Waals surface area contributed by atoms with Crippen LogP contribution in [0.15, 0.2) is 42.9 Å². The standard InChI is InChI=1S/C21H20N6O/c1-13(28)27-7-6-19-18(12-27)21(25-24-19)16-5-3-4-14-8-20(22-10-17(14)16)15-9-23-26(2)11-15/h3-5,8-11H,6-7,12H2,1-2H3,(H,22,24,25)/p+1. The van der Waals surface area contributed by atoms with Crippen LogP contribution in [0, 0.1) is 0 Å². The third kappa shape index (κ3) is 2.67. The molecular formula is C21H21N6O+. The van der Waals surface area contributed by atoms with Crippen LogP contribution in [0.3, 0.4) is 0 Å². The Morgan fingerprint density at radius 3 is 3.00 bits per heavy atom. The van der Waals surface area contributed by atoms with Crippen molar-refractivity contribution < 1.29 is 9.48 Å². The number of hydrogen-bond donors (Lipinski definition) is 2. The molecule has 140 valence electrons. The van der Waals surface area contributed by atoms with Crippen LogP contribution in [0.5, 0.6) is 0 Å². The largest absolute Gasteiger partial charge is 0.338 e. The van der Waals surface area contributed by atoms with E-state index in [0.717, 1.165) is 57.5 Å². The van der Waals surface area contributed by atoms with Crippen LogP contribution in [0.25, 0.3) is 33.3 Å². The van der Waals surface area contributed by atoms with Crippen molar-refractivity contribution in [2.75, 3.05) is 6.54 Å². The first-order valence-electron chi connectivity index (χ1n) is 9.35. The quantitative estimate of drug-likeness (QED) is 0.529. The van der Waals surface area contributed by atoms with E-state index in [4.69, 9.17) is 0 Å². The van der Waals surface area contributed by atoms with Gasteiger partial charge in [0.15, 0.2) is 7.05 Å². The third-order valence-corrected chi connectivity index (χ3v) is 5.45. The number of aryl methyl sites for hydroxylation is 1. The van der Waals surface area contributed by atoms with Crippen LogP contribution in [0.2, 0.25) is 0 Å². The van der Waals surface area contributed by atoms with E-state index in [9.17, 15) is 4.79 Å². The fourth-order valence-electron chi connectivity index (χ4n) is 3.92. The molecule has 2 N–H and O–H groups in total. The highest BCUT2D eigenvalue weighted by Crippen LogP contribution is 2.34. The number of benzene rings is 1. The highest BCUT2D eigenvalue weighted by molar-refractivity contribution is 5.97. The molecule has 7 heteroatoms. The zero-order valence-electron chi connectivity index (χ0n) is 15.9. The van der Waals surface area contributed by atoms with E-state index in [0.29, 0.717) is 6.54 Å². The number of aromatic nitrogens is 5. The second-order valence-electron chi connectivity index (χ2n) is 7.28. The summed E-state index contributed by atoms with van der Waals surface area (Å²) in [4.78, 5) is 18.4. The molecule has 5 rings (SSSR count). The molecule has 3 aromatic heterocycles. The van der Waals surface area contributed by atoms with Gasteiger partial charge in [0, 0.05) is 54.8 Å². The molecule has 1 aliphatic rings. The average molecular weight is 373 g/mol. The fourth-order valence-corrected chi connectivity index (χ4v) is 3.92. The molecule has 1 aromatic carbocycles. The summed E-state index contributed by atoms with van der Waals surface area (Å²) in [7, 11) is 1.95. The Hall–Kier alpha value is -3.48. The molecule has 0 bridgehead atoms. The van der Waals surface area contributed by atoms with E-state index in [2.05, 4.69) is 38.5 Å². The summed E-state index contributed by atoms with van der Waals surface area (Å²) >= 11 is 0. The average Bonchev–Trinajstić information content (AvgIpc) is 3.32. The molecule has 0 radical (unpaired) electrons. The maximum atomic E-state index is 11.8. The minimum Gasteiger partial charge on any atom is -0.338 e. The van der Waals surface area contributed by atoms with Crippen molar-refractivity contribution in [1.82, 2.24) is 25.2 Å². The van der Waals surface area contributed by atoms with E-state index in [1.54, 1.807) is 6.92 Å². The summed E-state index contributed by atoms with van der Waals surface area (Å²) in [5.74, 6) is 0.0988. The molecule has 0 aliphatic carbocycles. The summed E-state index contributed by atoms with van der Waals surface area (Å²) in [6.45, 7) is 2.95. The van der Waals surface area contributed by atoms with Gasteiger partial charge in [-0.15, -0.1) is 4.68 Å². The van der Waals surface area contributed by atoms with E-state index < -0.39 is 0 Å². The van der Waals surface area contributed by atoms with Gasteiger partial charge in [0.1, 0.15) is 0 Å². The number of rotatable bonds is 2. The Balaban J connectivity index is 1.61. The number of amides is 1. The normalized spacial score (nSPS) is 13.7. The molecule has 28 heavy (non-hydrogen) atoms. The number of aromatic amines is 2. The van der Waals surface area contributed by atoms with Gasteiger partial charge in [0.25, 0.3) is 0 Å². The van der Waals surface area contributed by atoms with Gasteiger partial charge < -0.3 is 4.90 Å². The zero-order chi connectivity index (χ0) is 19.3. The Morgan fingerprint density at radius 2 is 2.21 bits per heavy atom. The molecule has 1 aliphatic heterocycles. The van der Waals surface area contributed by atoms with Gasteiger partial charge in [-0.3, -0.25) is 14.9 Å². The van der Waals surface area contributed by atoms with Crippen LogP contribution in [0.4, 0.5) is 0 Å². The van der Waals surface area contributed by atoms with Crippen LogP contribution in [0.1, 0.15) is 18.2 Å². The second kappa shape index (κ2) is 6.30. The predicted octanol–water partition coefficient (Wildman–Crippen LogP) is 2.35. The van der Waals surface area contributed by atoms with Crippen molar-refractivity contribution in [3.8, 4) is 22.5 Å². The zero-order valence-corrected chi connectivity index (χ0v) is 15.9. The molecule has 0 atom stereocenters. The Morgan fingerprint density at radius 1 is 1.32 bits per heavy atom. The monoisotopic (exact) mass is 373 g/mol. The van der Waals surface area contributed by atoms with Gasteiger partial charge in [-0.25, -0.2) is 0 Å². The predicted molar refractivity (Wildman–Crippen MR) is 105 cm³/mol. The second-order valence-corrected chi connectivity index (χ2v) is 7.28. The van der Waals surface area contributed by atoms with Crippen molar-refractivity contribution in [2.24, 2.45) is 7.05 Å². The van der Waals surface area contributed by atoms with Crippen molar-refractivity contribution in [2.45, 2.75) is 19.9 Å². The molecule has 1 amide bonds. The summed E-state index contributed by atoms with van der Waals surface area (Å²) in [5, 5.41) is 13.1. The summed E-state index contributed by atoms with van der Waals surface area (Å²) in [6, 6.07) is 8.31. The SMILES string of the molecule is CC(=O)N1CCc2[nH]nc(-c3cccc4cc(-c5c[nH][n+](C)c5)ncc34)c2C1. The molecule has 4 heterocycles. The minimum absolute atomic E-state index is 0.0988. The van der Waals surface area contributed by atoms with Crippen molar-refractivity contribution in [3.05, 3.63) is 54.1 Å². The maximum Gasteiger partial charge on any atom is 0.219 e. The molecule has 4 aromatic rings. The number of H-pyrrole nitrogens is 2. The van der Waals surface area contributed by atoms with Gasteiger partial charge in [0.05, 0.1) is 23.1 Å². The molecule has 0 saturated heterocycles. The van der Waals surface area contributed by atoms with E-state index in [-0.39, 0.29) is 5.91 Å². The molecule has 0 unspecified atom stereocenters. The van der Waals surface area contributed by atoms with Crippen LogP contribution in [-0.2, 0) is 24.8 Å². The van der Waals surface area contributed by atoms with E-state index in [1.807, 2.05) is 41.3 Å². The van der Waals surface area contributed by atoms with Gasteiger partial charge in [0.2, 0.25) is 12.1 Å². The van der Waals surface area contributed by atoms with Crippen molar-refractivity contribution >= 4 is 16.7 Å². The number of pyridine rings is 1. The maximum absolute atomic E-state index is 11.8. The smallest absolute Gasteiger partial charge is 0.219 e. The fraction of sp³-hybridized carbons (Fsp3) is 0.238. The summed E-state index contributed by atoms with van der Waals surface area (Å²) < 4.78 is 1.90. The lowest BCUT2D eigenvalue weighted by atomic mass is 9.97. The van der Waals surface area contributed by atoms with Gasteiger partial charge in [-0.05, 0) is 11.5 Å². The van der Waals surface area contributed by atoms with Crippen molar-refractivity contribution in [1.29, 1.82) is 0 Å². The lowest BCUT2D eigenvalue weighted by Crippen LogP contribution is -2.34. The molecule has 7 nitrogen and oxygen atoms in total. The number of fused-ring (bicyclic) bond motifs is 2. The van der Waals surface area contributed by atoms with Gasteiger partial charge in [-0.1, -0.05) is 18.2 Å². The summed E-state index contributed by atoms with van der Waals surface area (Å²) in [5.41, 5.74) is 6.15. The lowest BCUT2D eigenvalue weighted by Gasteiger charge is -2.26. The number of hydrogen-bond acceptors (Lipinski definition) is 3. The lowest BCUT2D eigenvalue weighted by molar-refractivity contribution is -0.726. The van der Waals surface area contributed by atoms with E-state index >= 15 is 0 Å². The Labute approximate surface area is 162 Å². The topological polar surface area (TPSA) is 81.5 Å². The highest BCUT2D eigenvalue weighted by atomic mass is 16.2. The van der Waals surface area contributed by atoms with Crippen LogP contribution < -0.4 is 4.68 Å². The molecule has 0 fully saturated rings. The minimum atomic E-state index is 0.0988. The summed E-state index contributed by atoms with van der Waals surface area (Å²) in [6.07, 6.45) is 6.68. The van der Waals surface area contributed by atoms with Gasteiger partial charge >= 0.3 is 0 Å². The molecular weight excluding hydrogens is 352 g/mol. The van der Waals surface area contributed by atoms with E-state index in [1.165, 1.54) is 0 Å². The van der Waals surface area contributed by atoms with Crippen molar-refractivity contribution in [3.63, 3.8) is 0 Å². The number of carbonyl (C=O) groups is 1. The first kappa shape index (κ1) is 16.7. The first-order valence-corrected chi connectivity index (χ1v) is 9.35. The van der Waals surface area contributed by atoms with Gasteiger partial charge in [-0.2, -0.15) is 10.2 Å². The molecule has 0 saturated carbocycles. The van der Waals surface area contributed by atoms with Crippen LogP contribution >= 0.6 is 0 Å². The Kier molecular flexibility index (Phi) is 3.75. The van der Waals surface area contributed by atoms with Crippen LogP contribution in [-0.4, -0.2) is 37.6 Å². The number of carbonyl (C=O) groups excluding carboxylic acids is 1. The first-order chi connectivity index (χ1) is 13.6. The number of nitrogens with one attached hydrogen (secondary N) is 2. The number of nitrogens with zero attached hydrogens (tertiary/aromatic N) is 4.